The van der Waals surface area contributed by atoms with E-state index < -0.39 is 10.0 Å². The van der Waals surface area contributed by atoms with Crippen LogP contribution in [0.1, 0.15) is 11.1 Å². The number of nitrogens with zero attached hydrogens (tertiary/aromatic N) is 1. The average molecular weight is 346 g/mol. The summed E-state index contributed by atoms with van der Waals surface area (Å²) < 4.78 is 27.3. The molecular formula is C13H13Cl2N3O2S. The van der Waals surface area contributed by atoms with Crippen molar-refractivity contribution in [1.29, 1.82) is 0 Å². The Morgan fingerprint density at radius 1 is 1.19 bits per heavy atom. The largest absolute Gasteiger partial charge is 0.397 e. The highest BCUT2D eigenvalue weighted by Gasteiger charge is 2.19. The molecule has 0 saturated heterocycles. The molecule has 5 nitrogen and oxygen atoms in total. The third-order valence-corrected chi connectivity index (χ3v) is 5.05. The van der Waals surface area contributed by atoms with Crippen molar-refractivity contribution in [2.75, 3.05) is 10.5 Å². The number of sulfonamides is 1. The fourth-order valence-electron chi connectivity index (χ4n) is 1.76. The standard InChI is InChI=1S/C13H13Cl2N3O2S/c1-7-3-4-17-13(15)12(7)18-21(19,20)9-5-8(2)11(14)10(16)6-9/h3-6,18H,16H2,1-2H3. The van der Waals surface area contributed by atoms with Crippen LogP contribution in [-0.4, -0.2) is 13.4 Å². The Hall–Kier alpha value is -1.50. The second-order valence-electron chi connectivity index (χ2n) is 4.54. The quantitative estimate of drug-likeness (QED) is 0.659. The molecule has 0 aliphatic rings. The molecule has 0 amide bonds. The minimum Gasteiger partial charge on any atom is -0.397 e. The number of nitrogens with two attached hydrogens (primary N) is 1. The highest BCUT2D eigenvalue weighted by Crippen LogP contribution is 2.30. The molecule has 0 radical (unpaired) electrons. The van der Waals surface area contributed by atoms with Crippen LogP contribution in [0.2, 0.25) is 10.2 Å². The molecular weight excluding hydrogens is 333 g/mol. The van der Waals surface area contributed by atoms with Crippen LogP contribution in [0.3, 0.4) is 0 Å². The van der Waals surface area contributed by atoms with Crippen LogP contribution in [0, 0.1) is 13.8 Å². The van der Waals surface area contributed by atoms with Gasteiger partial charge in [0.1, 0.15) is 0 Å². The summed E-state index contributed by atoms with van der Waals surface area (Å²) in [5.41, 5.74) is 7.39. The number of aryl methyl sites for hydroxylation is 2. The van der Waals surface area contributed by atoms with Crippen LogP contribution in [0.4, 0.5) is 11.4 Å². The molecule has 0 saturated carbocycles. The van der Waals surface area contributed by atoms with E-state index in [0.29, 0.717) is 16.1 Å². The van der Waals surface area contributed by atoms with Gasteiger partial charge in [0, 0.05) is 6.20 Å². The molecule has 0 fully saturated rings. The average Bonchev–Trinajstić information content (AvgIpc) is 2.40. The molecule has 0 bridgehead atoms. The molecule has 0 atom stereocenters. The zero-order valence-corrected chi connectivity index (χ0v) is 13.6. The second kappa shape index (κ2) is 5.71. The van der Waals surface area contributed by atoms with Gasteiger partial charge in [-0.05, 0) is 43.2 Å². The van der Waals surface area contributed by atoms with E-state index in [4.69, 9.17) is 28.9 Å². The van der Waals surface area contributed by atoms with Gasteiger partial charge < -0.3 is 5.73 Å². The summed E-state index contributed by atoms with van der Waals surface area (Å²) in [4.78, 5) is 3.87. The molecule has 0 unspecified atom stereocenters. The lowest BCUT2D eigenvalue weighted by Crippen LogP contribution is -2.15. The van der Waals surface area contributed by atoms with E-state index in [2.05, 4.69) is 9.71 Å². The second-order valence-corrected chi connectivity index (χ2v) is 6.96. The minimum absolute atomic E-state index is 0.0150. The van der Waals surface area contributed by atoms with Crippen molar-refractivity contribution in [1.82, 2.24) is 4.98 Å². The van der Waals surface area contributed by atoms with Crippen molar-refractivity contribution < 1.29 is 8.42 Å². The number of benzene rings is 1. The first-order chi connectivity index (χ1) is 9.72. The number of anilines is 2. The summed E-state index contributed by atoms with van der Waals surface area (Å²) in [5.74, 6) is 0. The van der Waals surface area contributed by atoms with Crippen LogP contribution in [0.15, 0.2) is 29.3 Å². The van der Waals surface area contributed by atoms with E-state index >= 15 is 0 Å². The summed E-state index contributed by atoms with van der Waals surface area (Å²) in [7, 11) is -3.83. The minimum atomic E-state index is -3.83. The van der Waals surface area contributed by atoms with Gasteiger partial charge in [-0.15, -0.1) is 0 Å². The van der Waals surface area contributed by atoms with Crippen molar-refractivity contribution in [2.45, 2.75) is 18.7 Å². The monoisotopic (exact) mass is 345 g/mol. The number of hydrogen-bond acceptors (Lipinski definition) is 4. The van der Waals surface area contributed by atoms with Gasteiger partial charge in [0.2, 0.25) is 0 Å². The van der Waals surface area contributed by atoms with Crippen LogP contribution >= 0.6 is 23.2 Å². The lowest BCUT2D eigenvalue weighted by Gasteiger charge is -2.13. The van der Waals surface area contributed by atoms with Gasteiger partial charge in [-0.3, -0.25) is 4.72 Å². The number of rotatable bonds is 3. The summed E-state index contributed by atoms with van der Waals surface area (Å²) in [6.45, 7) is 3.41. The summed E-state index contributed by atoms with van der Waals surface area (Å²) in [6.07, 6.45) is 1.50. The van der Waals surface area contributed by atoms with Gasteiger partial charge in [-0.1, -0.05) is 23.2 Å². The fourth-order valence-corrected chi connectivity index (χ4v) is 3.43. The van der Waals surface area contributed by atoms with Crippen LogP contribution in [0.25, 0.3) is 0 Å². The Morgan fingerprint density at radius 3 is 2.43 bits per heavy atom. The van der Waals surface area contributed by atoms with Crippen molar-refractivity contribution in [3.05, 3.63) is 45.7 Å². The molecule has 2 aromatic rings. The summed E-state index contributed by atoms with van der Waals surface area (Å²) in [6, 6.07) is 4.41. The smallest absolute Gasteiger partial charge is 0.262 e. The van der Waals surface area contributed by atoms with E-state index in [1.165, 1.54) is 18.3 Å². The zero-order valence-electron chi connectivity index (χ0n) is 11.3. The normalized spacial score (nSPS) is 11.4. The lowest BCUT2D eigenvalue weighted by molar-refractivity contribution is 0.601. The van der Waals surface area contributed by atoms with Gasteiger partial charge in [-0.2, -0.15) is 0 Å². The lowest BCUT2D eigenvalue weighted by atomic mass is 10.2. The topological polar surface area (TPSA) is 85.1 Å². The van der Waals surface area contributed by atoms with E-state index in [1.54, 1.807) is 19.9 Å². The highest BCUT2D eigenvalue weighted by atomic mass is 35.5. The number of aromatic nitrogens is 1. The first kappa shape index (κ1) is 15.9. The van der Waals surface area contributed by atoms with Crippen LogP contribution < -0.4 is 10.5 Å². The molecule has 21 heavy (non-hydrogen) atoms. The molecule has 112 valence electrons. The molecule has 0 spiro atoms. The van der Waals surface area contributed by atoms with Crippen molar-refractivity contribution in [3.63, 3.8) is 0 Å². The molecule has 8 heteroatoms. The van der Waals surface area contributed by atoms with Crippen LogP contribution in [-0.2, 0) is 10.0 Å². The maximum Gasteiger partial charge on any atom is 0.262 e. The maximum atomic E-state index is 12.4. The summed E-state index contributed by atoms with van der Waals surface area (Å²) >= 11 is 11.9. The molecule has 3 N–H and O–H groups in total. The third kappa shape index (κ3) is 3.23. The van der Waals surface area contributed by atoms with Gasteiger partial charge in [0.05, 0.1) is 21.3 Å². The maximum absolute atomic E-state index is 12.4. The van der Waals surface area contributed by atoms with Crippen molar-refractivity contribution >= 4 is 44.6 Å². The van der Waals surface area contributed by atoms with E-state index in [0.717, 1.165) is 0 Å². The first-order valence-corrected chi connectivity index (χ1v) is 8.16. The molecule has 0 aliphatic carbocycles. The highest BCUT2D eigenvalue weighted by molar-refractivity contribution is 7.92. The number of nitrogen functional groups attached to an aromatic ring is 1. The summed E-state index contributed by atoms with van der Waals surface area (Å²) in [5, 5.41) is 0.418. The number of halogens is 2. The number of pyridine rings is 1. The fraction of sp³-hybridized carbons (Fsp3) is 0.154. The molecule has 2 rings (SSSR count). The zero-order chi connectivity index (χ0) is 15.8. The Kier molecular flexibility index (Phi) is 4.32. The Balaban J connectivity index is 2.49. The SMILES string of the molecule is Cc1cc(S(=O)(=O)Nc2c(C)ccnc2Cl)cc(N)c1Cl. The Morgan fingerprint density at radius 2 is 1.86 bits per heavy atom. The molecule has 1 heterocycles. The first-order valence-electron chi connectivity index (χ1n) is 5.92. The van der Waals surface area contributed by atoms with Crippen LogP contribution in [0.5, 0.6) is 0 Å². The molecule has 1 aromatic carbocycles. The number of hydrogen-bond donors (Lipinski definition) is 2. The van der Waals surface area contributed by atoms with E-state index in [-0.39, 0.29) is 21.4 Å². The van der Waals surface area contributed by atoms with Crippen molar-refractivity contribution in [2.24, 2.45) is 0 Å². The molecule has 1 aromatic heterocycles. The predicted molar refractivity (Wildman–Crippen MR) is 85.4 cm³/mol. The van der Waals surface area contributed by atoms with Gasteiger partial charge >= 0.3 is 0 Å². The van der Waals surface area contributed by atoms with Gasteiger partial charge in [0.25, 0.3) is 10.0 Å². The molecule has 0 aliphatic heterocycles. The Labute approximate surface area is 133 Å². The van der Waals surface area contributed by atoms with Gasteiger partial charge in [0.15, 0.2) is 5.15 Å². The van der Waals surface area contributed by atoms with Crippen molar-refractivity contribution in [3.8, 4) is 0 Å². The number of nitrogens with one attached hydrogen (secondary N) is 1. The predicted octanol–water partition coefficient (Wildman–Crippen LogP) is 3.39. The van der Waals surface area contributed by atoms with E-state index in [9.17, 15) is 8.42 Å². The third-order valence-electron chi connectivity index (χ3n) is 2.92. The Bertz CT molecular complexity index is 764. The van der Waals surface area contributed by atoms with Gasteiger partial charge in [-0.25, -0.2) is 13.4 Å². The van der Waals surface area contributed by atoms with E-state index in [1.807, 2.05) is 0 Å².